The van der Waals surface area contributed by atoms with E-state index >= 15 is 0 Å². The molecule has 1 saturated heterocycles. The summed E-state index contributed by atoms with van der Waals surface area (Å²) in [5.41, 5.74) is 6.88. The van der Waals surface area contributed by atoms with Crippen molar-refractivity contribution in [3.8, 4) is 0 Å². The summed E-state index contributed by atoms with van der Waals surface area (Å²) in [4.78, 5) is 18.6. The summed E-state index contributed by atoms with van der Waals surface area (Å²) in [5.74, 6) is 0.491. The van der Waals surface area contributed by atoms with Gasteiger partial charge >= 0.3 is 0 Å². The highest BCUT2D eigenvalue weighted by atomic mass is 35.5. The predicted molar refractivity (Wildman–Crippen MR) is 97.3 cm³/mol. The Morgan fingerprint density at radius 2 is 2.33 bits per heavy atom. The molecule has 1 aliphatic rings. The minimum Gasteiger partial charge on any atom is -0.404 e. The number of pyridine rings is 1. The average Bonchev–Trinajstić information content (AvgIpc) is 2.61. The number of halogens is 1. The van der Waals surface area contributed by atoms with Crippen LogP contribution in [-0.2, 0) is 4.79 Å². The van der Waals surface area contributed by atoms with Crippen LogP contribution in [0.3, 0.4) is 0 Å². The minimum atomic E-state index is -0.291. The molecule has 0 aliphatic carbocycles. The van der Waals surface area contributed by atoms with Gasteiger partial charge in [0.25, 0.3) is 0 Å². The van der Waals surface area contributed by atoms with Crippen molar-refractivity contribution >= 4 is 29.0 Å². The zero-order valence-electron chi connectivity index (χ0n) is 14.1. The fraction of sp³-hybridized carbons (Fsp3) is 0.471. The van der Waals surface area contributed by atoms with Gasteiger partial charge in [-0.15, -0.1) is 0 Å². The normalized spacial score (nSPS) is 20.5. The van der Waals surface area contributed by atoms with E-state index in [1.807, 2.05) is 13.8 Å². The number of carbonyl (C=O) groups excluding carboxylic acids is 1. The largest absolute Gasteiger partial charge is 0.404 e. The minimum absolute atomic E-state index is 0.108. The van der Waals surface area contributed by atoms with E-state index in [4.69, 9.17) is 22.7 Å². The molecule has 1 aromatic rings. The summed E-state index contributed by atoms with van der Waals surface area (Å²) < 4.78 is 0. The molecule has 0 saturated carbocycles. The van der Waals surface area contributed by atoms with Crippen LogP contribution in [0.15, 0.2) is 30.1 Å². The Bertz CT molecular complexity index is 628. The van der Waals surface area contributed by atoms with Gasteiger partial charge in [-0.2, -0.15) is 0 Å². The molecule has 1 aliphatic heterocycles. The highest BCUT2D eigenvalue weighted by molar-refractivity contribution is 6.30. The molecule has 24 heavy (non-hydrogen) atoms. The first-order valence-corrected chi connectivity index (χ1v) is 8.44. The maximum Gasteiger partial charge on any atom is 0.242 e. The van der Waals surface area contributed by atoms with E-state index in [1.165, 1.54) is 12.4 Å². The molecule has 0 bridgehead atoms. The van der Waals surface area contributed by atoms with Crippen LogP contribution in [-0.4, -0.2) is 40.6 Å². The number of piperidine rings is 1. The van der Waals surface area contributed by atoms with Gasteiger partial charge in [0.15, 0.2) is 0 Å². The molecule has 130 valence electrons. The summed E-state index contributed by atoms with van der Waals surface area (Å²) >= 11 is 5.80. The number of nitrogens with two attached hydrogens (primary N) is 1. The molecule has 6 nitrogen and oxygen atoms in total. The summed E-state index contributed by atoms with van der Waals surface area (Å²) in [7, 11) is 0. The number of rotatable bonds is 5. The van der Waals surface area contributed by atoms with Crippen LogP contribution < -0.4 is 11.1 Å². The molecule has 1 unspecified atom stereocenters. The van der Waals surface area contributed by atoms with Crippen molar-refractivity contribution < 1.29 is 4.79 Å². The van der Waals surface area contributed by atoms with E-state index in [9.17, 15) is 4.79 Å². The lowest BCUT2D eigenvalue weighted by molar-refractivity contribution is -0.121. The number of hydrogen-bond acceptors (Lipinski definition) is 5. The monoisotopic (exact) mass is 349 g/mol. The van der Waals surface area contributed by atoms with E-state index < -0.39 is 0 Å². The molecule has 7 heteroatoms. The quantitative estimate of drug-likeness (QED) is 0.712. The van der Waals surface area contributed by atoms with Gasteiger partial charge in [-0.25, -0.2) is 4.98 Å². The van der Waals surface area contributed by atoms with Gasteiger partial charge in [0.2, 0.25) is 5.91 Å². The van der Waals surface area contributed by atoms with Crippen LogP contribution in [0.1, 0.15) is 26.7 Å². The Hall–Kier alpha value is -1.92. The summed E-state index contributed by atoms with van der Waals surface area (Å²) in [5, 5.41) is 11.6. The van der Waals surface area contributed by atoms with Gasteiger partial charge in [0, 0.05) is 24.4 Å². The first kappa shape index (κ1) is 18.4. The van der Waals surface area contributed by atoms with E-state index in [2.05, 4.69) is 15.2 Å². The van der Waals surface area contributed by atoms with Gasteiger partial charge in [-0.1, -0.05) is 11.6 Å². The third-order valence-electron chi connectivity index (χ3n) is 4.44. The molecule has 2 heterocycles. The van der Waals surface area contributed by atoms with Crippen LogP contribution in [0.5, 0.6) is 0 Å². The molecule has 2 atom stereocenters. The lowest BCUT2D eigenvalue weighted by Crippen LogP contribution is -2.48. The topological polar surface area (TPSA) is 95.1 Å². The van der Waals surface area contributed by atoms with Crippen molar-refractivity contribution in [3.05, 3.63) is 35.1 Å². The summed E-state index contributed by atoms with van der Waals surface area (Å²) in [6.45, 7) is 5.26. The molecule has 1 aromatic heterocycles. The number of nitrogens with one attached hydrogen (secondary N) is 2. The second-order valence-electron chi connectivity index (χ2n) is 6.12. The fourth-order valence-electron chi connectivity index (χ4n) is 2.85. The van der Waals surface area contributed by atoms with E-state index in [-0.39, 0.29) is 17.9 Å². The van der Waals surface area contributed by atoms with Gasteiger partial charge in [0.1, 0.15) is 5.82 Å². The Kier molecular flexibility index (Phi) is 6.34. The summed E-state index contributed by atoms with van der Waals surface area (Å²) in [6.07, 6.45) is 4.89. The van der Waals surface area contributed by atoms with Gasteiger partial charge in [-0.3, -0.25) is 9.69 Å². The highest BCUT2D eigenvalue weighted by Crippen LogP contribution is 2.22. The number of aromatic nitrogens is 1. The molecule has 0 aromatic carbocycles. The van der Waals surface area contributed by atoms with E-state index in [1.54, 1.807) is 12.1 Å². The number of amides is 1. The maximum atomic E-state index is 12.5. The number of hydrogen-bond donors (Lipinski definition) is 3. The average molecular weight is 350 g/mol. The SMILES string of the molecule is C/C(=C/N)C(=N)C1CCCN([C@@H](C)C(=O)Nc2ccc(Cl)cn2)C1. The van der Waals surface area contributed by atoms with Crippen LogP contribution in [0.4, 0.5) is 5.82 Å². The second kappa shape index (κ2) is 8.26. The van der Waals surface area contributed by atoms with E-state index in [0.29, 0.717) is 23.1 Å². The van der Waals surface area contributed by atoms with Crippen LogP contribution in [0.25, 0.3) is 0 Å². The van der Waals surface area contributed by atoms with Gasteiger partial charge < -0.3 is 16.5 Å². The summed E-state index contributed by atoms with van der Waals surface area (Å²) in [6, 6.07) is 3.08. The first-order chi connectivity index (χ1) is 11.4. The third kappa shape index (κ3) is 4.55. The van der Waals surface area contributed by atoms with Crippen LogP contribution in [0, 0.1) is 11.3 Å². The maximum absolute atomic E-state index is 12.5. The molecule has 0 spiro atoms. The van der Waals surface area contributed by atoms with Crippen LogP contribution in [0.2, 0.25) is 5.02 Å². The van der Waals surface area contributed by atoms with E-state index in [0.717, 1.165) is 25.0 Å². The molecular weight excluding hydrogens is 326 g/mol. The molecule has 2 rings (SSSR count). The number of allylic oxidation sites excluding steroid dienone is 1. The number of nitrogens with zero attached hydrogens (tertiary/aromatic N) is 2. The van der Waals surface area contributed by atoms with Crippen molar-refractivity contribution in [2.45, 2.75) is 32.7 Å². The zero-order chi connectivity index (χ0) is 17.7. The van der Waals surface area contributed by atoms with Crippen molar-refractivity contribution in [3.63, 3.8) is 0 Å². The molecular formula is C17H24ClN5O. The number of carbonyl (C=O) groups is 1. The van der Waals surface area contributed by atoms with Gasteiger partial charge in [-0.05, 0) is 57.1 Å². The van der Waals surface area contributed by atoms with Gasteiger partial charge in [0.05, 0.1) is 11.1 Å². The number of anilines is 1. The smallest absolute Gasteiger partial charge is 0.242 e. The molecule has 1 amide bonds. The van der Waals surface area contributed by atoms with Crippen LogP contribution >= 0.6 is 11.6 Å². The van der Waals surface area contributed by atoms with Crippen molar-refractivity contribution in [2.75, 3.05) is 18.4 Å². The Morgan fingerprint density at radius 1 is 1.58 bits per heavy atom. The molecule has 1 fully saturated rings. The first-order valence-electron chi connectivity index (χ1n) is 8.06. The van der Waals surface area contributed by atoms with Crippen molar-refractivity contribution in [1.29, 1.82) is 5.41 Å². The highest BCUT2D eigenvalue weighted by Gasteiger charge is 2.29. The second-order valence-corrected chi connectivity index (χ2v) is 6.56. The van der Waals surface area contributed by atoms with Crippen molar-refractivity contribution in [1.82, 2.24) is 9.88 Å². The third-order valence-corrected chi connectivity index (χ3v) is 4.67. The Balaban J connectivity index is 1.97. The molecule has 4 N–H and O–H groups in total. The predicted octanol–water partition coefficient (Wildman–Crippen LogP) is 2.66. The Labute approximate surface area is 147 Å². The Morgan fingerprint density at radius 3 is 2.96 bits per heavy atom. The lowest BCUT2D eigenvalue weighted by atomic mass is 9.89. The zero-order valence-corrected chi connectivity index (χ0v) is 14.8. The fourth-order valence-corrected chi connectivity index (χ4v) is 2.96. The molecule has 0 radical (unpaired) electrons. The van der Waals surface area contributed by atoms with Crippen molar-refractivity contribution in [2.24, 2.45) is 11.7 Å². The lowest BCUT2D eigenvalue weighted by Gasteiger charge is -2.36. The standard InChI is InChI=1S/C17H24ClN5O/c1-11(8-19)16(20)13-4-3-7-23(10-13)12(2)17(24)22-15-6-5-14(18)9-21-15/h5-6,8-9,12-13,20H,3-4,7,10,19H2,1-2H3,(H,21,22,24)/b11-8-,20-16?/t12-,13?/m0/s1. The number of likely N-dealkylation sites (tertiary alicyclic amines) is 1.